The molecule has 2 heterocycles. The average molecular weight is 370 g/mol. The number of hydrogen-bond donors (Lipinski definition) is 1. The molecule has 1 aromatic carbocycles. The molecule has 4 rings (SSSR count). The van der Waals surface area contributed by atoms with Gasteiger partial charge in [0.05, 0.1) is 6.54 Å². The van der Waals surface area contributed by atoms with Crippen LogP contribution < -0.4 is 5.32 Å². The van der Waals surface area contributed by atoms with E-state index in [2.05, 4.69) is 15.1 Å². The van der Waals surface area contributed by atoms with Crippen LogP contribution in [-0.2, 0) is 4.79 Å². The molecule has 6 heteroatoms. The summed E-state index contributed by atoms with van der Waals surface area (Å²) in [5.74, 6) is 0.208. The van der Waals surface area contributed by atoms with Gasteiger partial charge in [0.1, 0.15) is 0 Å². The first-order valence-electron chi connectivity index (χ1n) is 10.3. The van der Waals surface area contributed by atoms with Gasteiger partial charge in [-0.15, -0.1) is 0 Å². The molecule has 146 valence electrons. The number of benzene rings is 1. The van der Waals surface area contributed by atoms with E-state index in [1.807, 2.05) is 35.2 Å². The molecule has 1 atom stereocenters. The lowest BCUT2D eigenvalue weighted by molar-refractivity contribution is -0.134. The van der Waals surface area contributed by atoms with E-state index in [1.54, 1.807) is 0 Å². The van der Waals surface area contributed by atoms with Gasteiger partial charge in [0.15, 0.2) is 0 Å². The Morgan fingerprint density at radius 2 is 1.70 bits per heavy atom. The maximum Gasteiger partial charge on any atom is 0.251 e. The molecule has 0 aromatic heterocycles. The van der Waals surface area contributed by atoms with Crippen LogP contribution in [0.4, 0.5) is 0 Å². The van der Waals surface area contributed by atoms with Gasteiger partial charge in [-0.2, -0.15) is 0 Å². The lowest BCUT2D eigenvalue weighted by Crippen LogP contribution is -2.55. The molecule has 2 aliphatic heterocycles. The SMILES string of the molecule is O=C(NC1CCN(CC(=O)N2CCN(C3CCC3)CC2)C1)c1ccccc1. The van der Waals surface area contributed by atoms with Crippen LogP contribution in [0.5, 0.6) is 0 Å². The standard InChI is InChI=1S/C21H30N4O2/c26-20(25-13-11-24(12-14-25)19-7-4-8-19)16-23-10-9-18(15-23)22-21(27)17-5-2-1-3-6-17/h1-3,5-6,18-19H,4,7-16H2,(H,22,27). The van der Waals surface area contributed by atoms with Gasteiger partial charge >= 0.3 is 0 Å². The molecular formula is C21H30N4O2. The number of piperazine rings is 1. The molecule has 0 radical (unpaired) electrons. The monoisotopic (exact) mass is 370 g/mol. The van der Waals surface area contributed by atoms with Crippen LogP contribution in [-0.4, -0.2) is 84.4 Å². The minimum Gasteiger partial charge on any atom is -0.348 e. The summed E-state index contributed by atoms with van der Waals surface area (Å²) in [4.78, 5) is 31.7. The summed E-state index contributed by atoms with van der Waals surface area (Å²) in [5, 5.41) is 3.10. The second-order valence-electron chi connectivity index (χ2n) is 8.06. The predicted molar refractivity (Wildman–Crippen MR) is 105 cm³/mol. The van der Waals surface area contributed by atoms with Gasteiger partial charge in [0.2, 0.25) is 5.91 Å². The number of rotatable bonds is 5. The predicted octanol–water partition coefficient (Wildman–Crippen LogP) is 1.19. The van der Waals surface area contributed by atoms with E-state index in [1.165, 1.54) is 19.3 Å². The summed E-state index contributed by atoms with van der Waals surface area (Å²) < 4.78 is 0. The number of nitrogens with zero attached hydrogens (tertiary/aromatic N) is 3. The van der Waals surface area contributed by atoms with Crippen molar-refractivity contribution in [2.75, 3.05) is 45.8 Å². The molecule has 1 unspecified atom stereocenters. The molecule has 3 aliphatic rings. The second kappa shape index (κ2) is 8.40. The van der Waals surface area contributed by atoms with E-state index in [9.17, 15) is 9.59 Å². The van der Waals surface area contributed by atoms with Gasteiger partial charge in [0.25, 0.3) is 5.91 Å². The molecule has 0 spiro atoms. The lowest BCUT2D eigenvalue weighted by Gasteiger charge is -2.43. The third-order valence-corrected chi connectivity index (χ3v) is 6.26. The molecule has 2 amide bonds. The van der Waals surface area contributed by atoms with Crippen molar-refractivity contribution in [3.8, 4) is 0 Å². The molecule has 6 nitrogen and oxygen atoms in total. The number of nitrogens with one attached hydrogen (secondary N) is 1. The number of likely N-dealkylation sites (tertiary alicyclic amines) is 1. The Hall–Kier alpha value is -1.92. The molecule has 1 aromatic rings. The second-order valence-corrected chi connectivity index (χ2v) is 8.06. The molecule has 1 saturated carbocycles. The molecule has 0 bridgehead atoms. The van der Waals surface area contributed by atoms with E-state index in [4.69, 9.17) is 0 Å². The van der Waals surface area contributed by atoms with Crippen molar-refractivity contribution in [3.63, 3.8) is 0 Å². The van der Waals surface area contributed by atoms with Gasteiger partial charge in [-0.05, 0) is 31.4 Å². The Labute approximate surface area is 161 Å². The zero-order valence-corrected chi connectivity index (χ0v) is 16.0. The number of hydrogen-bond acceptors (Lipinski definition) is 4. The Balaban J connectivity index is 1.19. The van der Waals surface area contributed by atoms with E-state index < -0.39 is 0 Å². The van der Waals surface area contributed by atoms with Gasteiger partial charge in [0, 0.05) is 56.9 Å². The van der Waals surface area contributed by atoms with Crippen LogP contribution in [0.3, 0.4) is 0 Å². The summed E-state index contributed by atoms with van der Waals surface area (Å²) in [6, 6.07) is 10.2. The van der Waals surface area contributed by atoms with Gasteiger partial charge in [-0.1, -0.05) is 24.6 Å². The van der Waals surface area contributed by atoms with Crippen molar-refractivity contribution in [3.05, 3.63) is 35.9 Å². The Morgan fingerprint density at radius 3 is 2.37 bits per heavy atom. The van der Waals surface area contributed by atoms with Crippen molar-refractivity contribution in [2.24, 2.45) is 0 Å². The summed E-state index contributed by atoms with van der Waals surface area (Å²) in [5.41, 5.74) is 0.691. The third kappa shape index (κ3) is 4.50. The maximum atomic E-state index is 12.6. The fourth-order valence-corrected chi connectivity index (χ4v) is 4.33. The van der Waals surface area contributed by atoms with Crippen LogP contribution in [0, 0.1) is 0 Å². The fourth-order valence-electron chi connectivity index (χ4n) is 4.33. The highest BCUT2D eigenvalue weighted by molar-refractivity contribution is 5.94. The molecular weight excluding hydrogens is 340 g/mol. The maximum absolute atomic E-state index is 12.6. The fraction of sp³-hybridized carbons (Fsp3) is 0.619. The minimum absolute atomic E-state index is 0.0270. The summed E-state index contributed by atoms with van der Waals surface area (Å²) >= 11 is 0. The highest BCUT2D eigenvalue weighted by Crippen LogP contribution is 2.25. The van der Waals surface area contributed by atoms with Crippen molar-refractivity contribution in [1.82, 2.24) is 20.0 Å². The average Bonchev–Trinajstić information content (AvgIpc) is 3.08. The van der Waals surface area contributed by atoms with E-state index in [0.29, 0.717) is 12.1 Å². The van der Waals surface area contributed by atoms with Gasteiger partial charge < -0.3 is 10.2 Å². The van der Waals surface area contributed by atoms with Crippen LogP contribution in [0.1, 0.15) is 36.0 Å². The molecule has 27 heavy (non-hydrogen) atoms. The zero-order valence-electron chi connectivity index (χ0n) is 16.0. The normalized spacial score (nSPS) is 24.6. The van der Waals surface area contributed by atoms with Gasteiger partial charge in [-0.25, -0.2) is 0 Å². The Kier molecular flexibility index (Phi) is 5.74. The highest BCUT2D eigenvalue weighted by atomic mass is 16.2. The zero-order chi connectivity index (χ0) is 18.6. The van der Waals surface area contributed by atoms with Crippen LogP contribution >= 0.6 is 0 Å². The summed E-state index contributed by atoms with van der Waals surface area (Å²) in [6.45, 7) is 5.86. The van der Waals surface area contributed by atoms with Crippen molar-refractivity contribution in [2.45, 2.75) is 37.8 Å². The van der Waals surface area contributed by atoms with Gasteiger partial charge in [-0.3, -0.25) is 19.4 Å². The smallest absolute Gasteiger partial charge is 0.251 e. The summed E-state index contributed by atoms with van der Waals surface area (Å²) in [7, 11) is 0. The van der Waals surface area contributed by atoms with Crippen molar-refractivity contribution in [1.29, 1.82) is 0 Å². The Morgan fingerprint density at radius 1 is 0.963 bits per heavy atom. The molecule has 2 saturated heterocycles. The number of amides is 2. The van der Waals surface area contributed by atoms with E-state index in [-0.39, 0.29) is 17.9 Å². The first kappa shape index (κ1) is 18.4. The number of carbonyl (C=O) groups is 2. The lowest BCUT2D eigenvalue weighted by atomic mass is 9.91. The van der Waals surface area contributed by atoms with Crippen molar-refractivity contribution < 1.29 is 9.59 Å². The highest BCUT2D eigenvalue weighted by Gasteiger charge is 2.31. The van der Waals surface area contributed by atoms with Crippen molar-refractivity contribution >= 4 is 11.8 Å². The summed E-state index contributed by atoms with van der Waals surface area (Å²) in [6.07, 6.45) is 4.93. The quantitative estimate of drug-likeness (QED) is 0.846. The van der Waals surface area contributed by atoms with Crippen LogP contribution in [0.15, 0.2) is 30.3 Å². The molecule has 1 N–H and O–H groups in total. The topological polar surface area (TPSA) is 55.9 Å². The Bertz CT molecular complexity index is 653. The van der Waals surface area contributed by atoms with E-state index in [0.717, 1.165) is 51.7 Å². The number of carbonyl (C=O) groups excluding carboxylic acids is 2. The minimum atomic E-state index is -0.0270. The first-order chi connectivity index (χ1) is 13.2. The largest absolute Gasteiger partial charge is 0.348 e. The van der Waals surface area contributed by atoms with Crippen LogP contribution in [0.2, 0.25) is 0 Å². The first-order valence-corrected chi connectivity index (χ1v) is 10.3. The van der Waals surface area contributed by atoms with Crippen LogP contribution in [0.25, 0.3) is 0 Å². The molecule has 1 aliphatic carbocycles. The van der Waals surface area contributed by atoms with E-state index >= 15 is 0 Å². The third-order valence-electron chi connectivity index (χ3n) is 6.26. The molecule has 3 fully saturated rings.